The van der Waals surface area contributed by atoms with Crippen LogP contribution in [-0.2, 0) is 6.61 Å². The highest BCUT2D eigenvalue weighted by Gasteiger charge is 2.18. The van der Waals surface area contributed by atoms with Crippen LogP contribution in [0, 0.1) is 10.1 Å². The molecular formula is C19H15ClN2O5S. The Hall–Kier alpha value is -3.10. The van der Waals surface area contributed by atoms with Crippen LogP contribution in [0.5, 0.6) is 11.5 Å². The molecule has 0 saturated heterocycles. The van der Waals surface area contributed by atoms with Gasteiger partial charge in [0, 0.05) is 22.7 Å². The first-order valence-corrected chi connectivity index (χ1v) is 9.31. The van der Waals surface area contributed by atoms with E-state index in [2.05, 4.69) is 5.32 Å². The van der Waals surface area contributed by atoms with E-state index in [1.165, 1.54) is 29.5 Å². The first-order chi connectivity index (χ1) is 13.5. The molecular weight excluding hydrogens is 404 g/mol. The van der Waals surface area contributed by atoms with Gasteiger partial charge < -0.3 is 14.8 Å². The Kier molecular flexibility index (Phi) is 6.13. The number of hydrogen-bond acceptors (Lipinski definition) is 6. The molecule has 0 saturated carbocycles. The molecule has 3 aromatic rings. The molecule has 0 aliphatic carbocycles. The number of carbonyl (C=O) groups is 1. The van der Waals surface area contributed by atoms with Gasteiger partial charge >= 0.3 is 0 Å². The maximum absolute atomic E-state index is 12.4. The lowest BCUT2D eigenvalue weighted by Gasteiger charge is -2.06. The second-order valence-electron chi connectivity index (χ2n) is 5.66. The average Bonchev–Trinajstić information content (AvgIpc) is 3.17. The van der Waals surface area contributed by atoms with Gasteiger partial charge in [0.2, 0.25) is 0 Å². The number of thiophene rings is 1. The number of halogens is 1. The Labute approximate surface area is 169 Å². The van der Waals surface area contributed by atoms with Gasteiger partial charge in [0.05, 0.1) is 16.9 Å². The molecule has 0 bridgehead atoms. The molecule has 7 nitrogen and oxygen atoms in total. The summed E-state index contributed by atoms with van der Waals surface area (Å²) in [6.07, 6.45) is 0. The standard InChI is InChI=1S/C19H15ClN2O5S/c1-26-14-3-2-4-15(9-14)27-10-12-7-18(28-11-12)19(23)21-16-6-5-13(20)8-17(16)22(24)25/h2-9,11H,10H2,1H3,(H,21,23). The Morgan fingerprint density at radius 2 is 2.00 bits per heavy atom. The zero-order valence-electron chi connectivity index (χ0n) is 14.7. The molecule has 0 unspecified atom stereocenters. The summed E-state index contributed by atoms with van der Waals surface area (Å²) in [4.78, 5) is 23.4. The first-order valence-electron chi connectivity index (χ1n) is 8.06. The van der Waals surface area contributed by atoms with Crippen molar-refractivity contribution in [3.8, 4) is 11.5 Å². The predicted molar refractivity (Wildman–Crippen MR) is 108 cm³/mol. The minimum Gasteiger partial charge on any atom is -0.497 e. The Morgan fingerprint density at radius 1 is 1.21 bits per heavy atom. The lowest BCUT2D eigenvalue weighted by atomic mass is 10.2. The van der Waals surface area contributed by atoms with Crippen molar-refractivity contribution in [3.63, 3.8) is 0 Å². The van der Waals surface area contributed by atoms with Crippen molar-refractivity contribution in [2.45, 2.75) is 6.61 Å². The minimum atomic E-state index is -0.594. The van der Waals surface area contributed by atoms with Crippen LogP contribution < -0.4 is 14.8 Å². The number of anilines is 1. The molecule has 144 valence electrons. The number of benzene rings is 2. The number of methoxy groups -OCH3 is 1. The van der Waals surface area contributed by atoms with Gasteiger partial charge in [-0.2, -0.15) is 0 Å². The van der Waals surface area contributed by atoms with Gasteiger partial charge in [-0.25, -0.2) is 0 Å². The number of amides is 1. The summed E-state index contributed by atoms with van der Waals surface area (Å²) in [5, 5.41) is 15.7. The smallest absolute Gasteiger partial charge is 0.294 e. The molecule has 0 aliphatic rings. The van der Waals surface area contributed by atoms with E-state index in [-0.39, 0.29) is 23.0 Å². The summed E-state index contributed by atoms with van der Waals surface area (Å²) in [6, 6.07) is 13.0. The van der Waals surface area contributed by atoms with E-state index in [1.54, 1.807) is 24.6 Å². The van der Waals surface area contributed by atoms with Crippen molar-refractivity contribution in [2.24, 2.45) is 0 Å². The van der Waals surface area contributed by atoms with Gasteiger partial charge in [0.1, 0.15) is 23.8 Å². The minimum absolute atomic E-state index is 0.0852. The number of nitro groups is 1. The lowest BCUT2D eigenvalue weighted by Crippen LogP contribution is -2.11. The van der Waals surface area contributed by atoms with Crippen LogP contribution in [0.1, 0.15) is 15.2 Å². The van der Waals surface area contributed by atoms with Crippen LogP contribution in [0.4, 0.5) is 11.4 Å². The number of ether oxygens (including phenoxy) is 2. The number of nitrogens with zero attached hydrogens (tertiary/aromatic N) is 1. The molecule has 1 heterocycles. The zero-order chi connectivity index (χ0) is 20.1. The van der Waals surface area contributed by atoms with Crippen molar-refractivity contribution in [2.75, 3.05) is 12.4 Å². The molecule has 28 heavy (non-hydrogen) atoms. The molecule has 9 heteroatoms. The fourth-order valence-electron chi connectivity index (χ4n) is 2.37. The largest absolute Gasteiger partial charge is 0.497 e. The van der Waals surface area contributed by atoms with E-state index in [9.17, 15) is 14.9 Å². The van der Waals surface area contributed by atoms with E-state index >= 15 is 0 Å². The Bertz CT molecular complexity index is 1020. The van der Waals surface area contributed by atoms with Crippen LogP contribution in [0.15, 0.2) is 53.9 Å². The molecule has 1 amide bonds. The van der Waals surface area contributed by atoms with Crippen molar-refractivity contribution in [3.05, 3.63) is 79.5 Å². The maximum Gasteiger partial charge on any atom is 0.294 e. The van der Waals surface area contributed by atoms with E-state index in [0.29, 0.717) is 16.4 Å². The van der Waals surface area contributed by atoms with Crippen LogP contribution in [0.25, 0.3) is 0 Å². The second-order valence-corrected chi connectivity index (χ2v) is 7.01. The van der Waals surface area contributed by atoms with Crippen molar-refractivity contribution in [1.29, 1.82) is 0 Å². The van der Waals surface area contributed by atoms with Crippen molar-refractivity contribution < 1.29 is 19.2 Å². The van der Waals surface area contributed by atoms with Crippen molar-refractivity contribution >= 4 is 40.2 Å². The summed E-state index contributed by atoms with van der Waals surface area (Å²) in [5.41, 5.74) is 0.629. The number of carbonyl (C=O) groups excluding carboxylic acids is 1. The van der Waals surface area contributed by atoms with E-state index < -0.39 is 10.8 Å². The summed E-state index contributed by atoms with van der Waals surface area (Å²) in [6.45, 7) is 0.276. The lowest BCUT2D eigenvalue weighted by molar-refractivity contribution is -0.383. The fraction of sp³-hybridized carbons (Fsp3) is 0.105. The molecule has 3 rings (SSSR count). The van der Waals surface area contributed by atoms with Crippen LogP contribution in [0.3, 0.4) is 0 Å². The molecule has 0 aliphatic heterocycles. The van der Waals surface area contributed by atoms with Crippen molar-refractivity contribution in [1.82, 2.24) is 0 Å². The Morgan fingerprint density at radius 3 is 2.75 bits per heavy atom. The third kappa shape index (κ3) is 4.79. The quantitative estimate of drug-likeness (QED) is 0.423. The van der Waals surface area contributed by atoms with Gasteiger partial charge in [0.25, 0.3) is 11.6 Å². The molecule has 1 aromatic heterocycles. The van der Waals surface area contributed by atoms with Gasteiger partial charge in [0.15, 0.2) is 0 Å². The van der Waals surface area contributed by atoms with E-state index in [1.807, 2.05) is 18.2 Å². The molecule has 2 aromatic carbocycles. The van der Waals surface area contributed by atoms with Crippen LogP contribution >= 0.6 is 22.9 Å². The van der Waals surface area contributed by atoms with Gasteiger partial charge in [-0.15, -0.1) is 11.3 Å². The molecule has 0 fully saturated rings. The van der Waals surface area contributed by atoms with Gasteiger partial charge in [-0.3, -0.25) is 14.9 Å². The summed E-state index contributed by atoms with van der Waals surface area (Å²) in [5.74, 6) is 0.892. The third-order valence-corrected chi connectivity index (χ3v) is 4.94. The van der Waals surface area contributed by atoms with Gasteiger partial charge in [-0.05, 0) is 35.7 Å². The molecule has 0 radical (unpaired) electrons. The predicted octanol–water partition coefficient (Wildman–Crippen LogP) is 5.15. The highest BCUT2D eigenvalue weighted by Crippen LogP contribution is 2.29. The van der Waals surface area contributed by atoms with E-state index in [0.717, 1.165) is 5.56 Å². The maximum atomic E-state index is 12.4. The molecule has 0 spiro atoms. The zero-order valence-corrected chi connectivity index (χ0v) is 16.3. The average molecular weight is 419 g/mol. The second kappa shape index (κ2) is 8.73. The number of nitro benzene ring substituents is 1. The highest BCUT2D eigenvalue weighted by molar-refractivity contribution is 7.12. The Balaban J connectivity index is 1.66. The topological polar surface area (TPSA) is 90.7 Å². The first kappa shape index (κ1) is 19.7. The third-order valence-electron chi connectivity index (χ3n) is 3.73. The number of hydrogen-bond donors (Lipinski definition) is 1. The summed E-state index contributed by atoms with van der Waals surface area (Å²) in [7, 11) is 1.58. The number of nitrogens with one attached hydrogen (secondary N) is 1. The molecule has 1 N–H and O–H groups in total. The van der Waals surface area contributed by atoms with Gasteiger partial charge in [-0.1, -0.05) is 17.7 Å². The fourth-order valence-corrected chi connectivity index (χ4v) is 3.33. The summed E-state index contributed by atoms with van der Waals surface area (Å²) < 4.78 is 10.8. The monoisotopic (exact) mass is 418 g/mol. The van der Waals surface area contributed by atoms with Crippen LogP contribution in [0.2, 0.25) is 5.02 Å². The SMILES string of the molecule is COc1cccc(OCc2csc(C(=O)Nc3ccc(Cl)cc3[N+](=O)[O-])c2)c1. The normalized spacial score (nSPS) is 10.4. The molecule has 0 atom stereocenters. The van der Waals surface area contributed by atoms with E-state index in [4.69, 9.17) is 21.1 Å². The highest BCUT2D eigenvalue weighted by atomic mass is 35.5. The number of rotatable bonds is 7. The summed E-state index contributed by atoms with van der Waals surface area (Å²) >= 11 is 7.01. The van der Waals surface area contributed by atoms with Crippen LogP contribution in [-0.4, -0.2) is 17.9 Å².